The van der Waals surface area contributed by atoms with E-state index >= 15 is 0 Å². The van der Waals surface area contributed by atoms with E-state index in [4.69, 9.17) is 4.74 Å². The van der Waals surface area contributed by atoms with E-state index < -0.39 is 23.9 Å². The fraction of sp³-hybridized carbons (Fsp3) is 0.667. The fourth-order valence-electron chi connectivity index (χ4n) is 4.68. The van der Waals surface area contributed by atoms with Crippen molar-refractivity contribution in [2.75, 3.05) is 6.54 Å². The normalized spacial score (nSPS) is 26.9. The number of aryl methyl sites for hydroxylation is 1. The average Bonchev–Trinajstić information content (AvgIpc) is 2.68. The number of nitrogens with zero attached hydrogens (tertiary/aromatic N) is 1. The molecule has 5 atom stereocenters. The summed E-state index contributed by atoms with van der Waals surface area (Å²) >= 11 is 0. The fourth-order valence-corrected chi connectivity index (χ4v) is 4.68. The first-order valence-electron chi connectivity index (χ1n) is 11.2. The van der Waals surface area contributed by atoms with Crippen LogP contribution in [-0.2, 0) is 17.6 Å². The van der Waals surface area contributed by atoms with Crippen LogP contribution in [0.4, 0.5) is 0 Å². The summed E-state index contributed by atoms with van der Waals surface area (Å²) in [5.74, 6) is 0.406. The van der Waals surface area contributed by atoms with Crippen LogP contribution >= 0.6 is 0 Å². The van der Waals surface area contributed by atoms with E-state index in [1.165, 1.54) is 12.5 Å². The first kappa shape index (κ1) is 23.7. The number of aliphatic hydroxyl groups excluding tert-OH is 2. The van der Waals surface area contributed by atoms with Gasteiger partial charge in [0.25, 0.3) is 0 Å². The van der Waals surface area contributed by atoms with Crippen molar-refractivity contribution in [2.45, 2.75) is 89.7 Å². The number of aliphatic hydroxyl groups is 2. The Morgan fingerprint density at radius 1 is 1.48 bits per heavy atom. The number of nitrogens with one attached hydrogen (secondary N) is 2. The van der Waals surface area contributed by atoms with Crippen molar-refractivity contribution < 1.29 is 19.7 Å². The lowest BCUT2D eigenvalue weighted by Crippen LogP contribution is -2.73. The maximum atomic E-state index is 11.4. The maximum Gasteiger partial charge on any atom is 0.217 e. The van der Waals surface area contributed by atoms with Gasteiger partial charge in [-0.15, -0.1) is 6.58 Å². The summed E-state index contributed by atoms with van der Waals surface area (Å²) in [5.41, 5.74) is 1.74. The van der Waals surface area contributed by atoms with Gasteiger partial charge in [-0.2, -0.15) is 0 Å². The SMILES string of the molecule is C=CC[C@H](NC(C)=O)[C@H](O)CN[C@H]1C[C@@H](O)[C@@]12CCc1cc(CC(C)(C)C)cnc1O2. The van der Waals surface area contributed by atoms with E-state index in [1.54, 1.807) is 6.08 Å². The molecule has 1 aromatic heterocycles. The monoisotopic (exact) mass is 431 g/mol. The summed E-state index contributed by atoms with van der Waals surface area (Å²) in [7, 11) is 0. The molecule has 7 heteroatoms. The van der Waals surface area contributed by atoms with Crippen molar-refractivity contribution in [3.63, 3.8) is 0 Å². The van der Waals surface area contributed by atoms with Gasteiger partial charge in [-0.1, -0.05) is 26.8 Å². The van der Waals surface area contributed by atoms with Crippen molar-refractivity contribution in [3.05, 3.63) is 36.0 Å². The zero-order valence-electron chi connectivity index (χ0n) is 19.1. The van der Waals surface area contributed by atoms with E-state index in [2.05, 4.69) is 49.0 Å². The maximum absolute atomic E-state index is 11.4. The minimum absolute atomic E-state index is 0.0944. The number of carbonyl (C=O) groups excluding carboxylic acids is 1. The largest absolute Gasteiger partial charge is 0.466 e. The lowest BCUT2D eigenvalue weighted by atomic mass is 9.67. The Morgan fingerprint density at radius 2 is 2.23 bits per heavy atom. The zero-order chi connectivity index (χ0) is 22.8. The summed E-state index contributed by atoms with van der Waals surface area (Å²) in [6.45, 7) is 12.0. The van der Waals surface area contributed by atoms with Crippen molar-refractivity contribution in [1.82, 2.24) is 15.6 Å². The van der Waals surface area contributed by atoms with Crippen LogP contribution in [0.5, 0.6) is 5.88 Å². The predicted molar refractivity (Wildman–Crippen MR) is 120 cm³/mol. The smallest absolute Gasteiger partial charge is 0.217 e. The Labute approximate surface area is 185 Å². The number of hydrogen-bond acceptors (Lipinski definition) is 6. The van der Waals surface area contributed by atoms with Crippen LogP contribution < -0.4 is 15.4 Å². The lowest BCUT2D eigenvalue weighted by Gasteiger charge is -2.55. The summed E-state index contributed by atoms with van der Waals surface area (Å²) in [6, 6.07) is 1.67. The van der Waals surface area contributed by atoms with E-state index in [0.29, 0.717) is 25.1 Å². The van der Waals surface area contributed by atoms with Crippen LogP contribution in [-0.4, -0.2) is 57.5 Å². The van der Waals surface area contributed by atoms with Crippen LogP contribution in [0, 0.1) is 5.41 Å². The average molecular weight is 432 g/mol. The molecule has 2 heterocycles. The summed E-state index contributed by atoms with van der Waals surface area (Å²) in [5, 5.41) is 27.2. The predicted octanol–water partition coefficient (Wildman–Crippen LogP) is 1.90. The van der Waals surface area contributed by atoms with Crippen molar-refractivity contribution in [2.24, 2.45) is 5.41 Å². The molecule has 172 valence electrons. The molecule has 0 radical (unpaired) electrons. The third-order valence-electron chi connectivity index (χ3n) is 6.25. The Bertz CT molecular complexity index is 807. The van der Waals surface area contributed by atoms with E-state index in [1.807, 2.05) is 6.20 Å². The van der Waals surface area contributed by atoms with Gasteiger partial charge in [0, 0.05) is 25.2 Å². The molecular weight excluding hydrogens is 394 g/mol. The van der Waals surface area contributed by atoms with Gasteiger partial charge in [-0.25, -0.2) is 4.98 Å². The molecule has 3 rings (SSSR count). The molecule has 4 N–H and O–H groups in total. The molecular formula is C24H37N3O4. The van der Waals surface area contributed by atoms with E-state index in [-0.39, 0.29) is 23.9 Å². The van der Waals surface area contributed by atoms with Gasteiger partial charge < -0.3 is 25.6 Å². The molecule has 2 aliphatic rings. The molecule has 1 aromatic rings. The molecule has 31 heavy (non-hydrogen) atoms. The number of pyridine rings is 1. The number of amides is 1. The van der Waals surface area contributed by atoms with Crippen LogP contribution in [0.2, 0.25) is 0 Å². The number of aromatic nitrogens is 1. The minimum Gasteiger partial charge on any atom is -0.466 e. The van der Waals surface area contributed by atoms with Gasteiger partial charge in [-0.3, -0.25) is 4.79 Å². The molecule has 0 bridgehead atoms. The number of fused-ring (bicyclic) bond motifs is 1. The Hall–Kier alpha value is -1.96. The van der Waals surface area contributed by atoms with E-state index in [9.17, 15) is 15.0 Å². The van der Waals surface area contributed by atoms with Crippen molar-refractivity contribution in [3.8, 4) is 5.88 Å². The molecule has 1 saturated carbocycles. The second-order valence-corrected chi connectivity index (χ2v) is 10.2. The quantitative estimate of drug-likeness (QED) is 0.469. The highest BCUT2D eigenvalue weighted by Gasteiger charge is 2.58. The third kappa shape index (κ3) is 5.45. The molecule has 0 unspecified atom stereocenters. The second-order valence-electron chi connectivity index (χ2n) is 10.2. The van der Waals surface area contributed by atoms with Crippen LogP contribution in [0.3, 0.4) is 0 Å². The lowest BCUT2D eigenvalue weighted by molar-refractivity contribution is -0.164. The summed E-state index contributed by atoms with van der Waals surface area (Å²) in [6.07, 6.45) is 5.66. The standard InChI is InChI=1S/C24H37N3O4/c1-6-7-18(27-15(2)28)19(29)14-25-20-11-21(30)24(20)9-8-17-10-16(12-23(3,4)5)13-26-22(17)31-24/h6,10,13,18-21,25,29-30H,1,7-9,11-12,14H2,2-5H3,(H,27,28)/t18-,19+,20-,21+,24+/m0/s1. The molecule has 7 nitrogen and oxygen atoms in total. The van der Waals surface area contributed by atoms with Crippen LogP contribution in [0.15, 0.2) is 24.9 Å². The molecule has 1 aliphatic carbocycles. The molecule has 1 aliphatic heterocycles. The molecule has 0 saturated heterocycles. The van der Waals surface area contributed by atoms with Gasteiger partial charge in [0.15, 0.2) is 5.60 Å². The topological polar surface area (TPSA) is 104 Å². The Balaban J connectivity index is 1.64. The molecule has 1 fully saturated rings. The van der Waals surface area contributed by atoms with Crippen molar-refractivity contribution >= 4 is 5.91 Å². The summed E-state index contributed by atoms with van der Waals surface area (Å²) in [4.78, 5) is 16.0. The minimum atomic E-state index is -0.773. The zero-order valence-corrected chi connectivity index (χ0v) is 19.1. The number of rotatable bonds is 8. The number of carbonyl (C=O) groups is 1. The van der Waals surface area contributed by atoms with E-state index in [0.717, 1.165) is 18.4 Å². The van der Waals surface area contributed by atoms with Gasteiger partial charge >= 0.3 is 0 Å². The first-order valence-corrected chi connectivity index (χ1v) is 11.2. The molecule has 1 spiro atoms. The highest BCUT2D eigenvalue weighted by molar-refractivity contribution is 5.73. The second kappa shape index (κ2) is 9.27. The molecule has 1 amide bonds. The Kier molecular flexibility index (Phi) is 7.08. The van der Waals surface area contributed by atoms with Gasteiger partial charge in [0.05, 0.1) is 24.3 Å². The van der Waals surface area contributed by atoms with Gasteiger partial charge in [-0.05, 0) is 49.1 Å². The van der Waals surface area contributed by atoms with Gasteiger partial charge in [0.2, 0.25) is 11.8 Å². The van der Waals surface area contributed by atoms with Gasteiger partial charge in [0.1, 0.15) is 0 Å². The van der Waals surface area contributed by atoms with Crippen LogP contribution in [0.25, 0.3) is 0 Å². The highest BCUT2D eigenvalue weighted by Crippen LogP contribution is 2.45. The molecule has 0 aromatic carbocycles. The van der Waals surface area contributed by atoms with Crippen molar-refractivity contribution in [1.29, 1.82) is 0 Å². The number of ether oxygens (including phenoxy) is 1. The first-order chi connectivity index (χ1) is 14.5. The number of hydrogen-bond donors (Lipinski definition) is 4. The highest BCUT2D eigenvalue weighted by atomic mass is 16.5. The third-order valence-corrected chi connectivity index (χ3v) is 6.25. The Morgan fingerprint density at radius 3 is 2.84 bits per heavy atom. The summed E-state index contributed by atoms with van der Waals surface area (Å²) < 4.78 is 6.28. The van der Waals surface area contributed by atoms with Crippen LogP contribution in [0.1, 0.15) is 58.1 Å².